The number of aliphatic hydroxyl groups is 1. The standard InChI is InChI=1S/C15H17N5O/c21-9-10-2-1-3-14(10)20-8-11(6-18-20)13-7-17-19-15-12(13)4-5-16-15/h4-8,10,14,21H,1-3,9H2,(H,16,19)/t10-,14-/m0/s1. The van der Waals surface area contributed by atoms with Crippen LogP contribution >= 0.6 is 0 Å². The summed E-state index contributed by atoms with van der Waals surface area (Å²) in [6.45, 7) is 0.235. The van der Waals surface area contributed by atoms with Crippen LogP contribution in [0.1, 0.15) is 25.3 Å². The van der Waals surface area contributed by atoms with Crippen LogP contribution in [0.15, 0.2) is 30.9 Å². The number of aromatic nitrogens is 5. The van der Waals surface area contributed by atoms with Crippen molar-refractivity contribution in [1.29, 1.82) is 0 Å². The summed E-state index contributed by atoms with van der Waals surface area (Å²) in [4.78, 5) is 3.07. The number of H-pyrrole nitrogens is 1. The van der Waals surface area contributed by atoms with Gasteiger partial charge in [-0.25, -0.2) is 0 Å². The fraction of sp³-hybridized carbons (Fsp3) is 0.400. The maximum absolute atomic E-state index is 9.47. The topological polar surface area (TPSA) is 79.6 Å². The Morgan fingerprint density at radius 3 is 3.19 bits per heavy atom. The molecule has 21 heavy (non-hydrogen) atoms. The monoisotopic (exact) mass is 283 g/mol. The lowest BCUT2D eigenvalue weighted by molar-refractivity contribution is 0.190. The van der Waals surface area contributed by atoms with Crippen molar-refractivity contribution in [3.8, 4) is 11.1 Å². The summed E-state index contributed by atoms with van der Waals surface area (Å²) in [5.41, 5.74) is 2.86. The van der Waals surface area contributed by atoms with Gasteiger partial charge in [-0.2, -0.15) is 10.2 Å². The Morgan fingerprint density at radius 1 is 1.33 bits per heavy atom. The number of nitrogens with zero attached hydrogens (tertiary/aromatic N) is 4. The summed E-state index contributed by atoms with van der Waals surface area (Å²) < 4.78 is 2.00. The van der Waals surface area contributed by atoms with Crippen molar-refractivity contribution >= 4 is 11.0 Å². The molecule has 1 saturated carbocycles. The van der Waals surface area contributed by atoms with Gasteiger partial charge in [-0.15, -0.1) is 5.10 Å². The molecule has 2 N–H and O–H groups in total. The first-order valence-corrected chi connectivity index (χ1v) is 7.31. The van der Waals surface area contributed by atoms with Gasteiger partial charge in [0, 0.05) is 41.4 Å². The molecule has 3 heterocycles. The van der Waals surface area contributed by atoms with Crippen LogP contribution in [0.4, 0.5) is 0 Å². The summed E-state index contributed by atoms with van der Waals surface area (Å²) in [6.07, 6.45) is 10.9. The van der Waals surface area contributed by atoms with Gasteiger partial charge in [-0.1, -0.05) is 6.42 Å². The second-order valence-corrected chi connectivity index (χ2v) is 5.65. The molecule has 6 nitrogen and oxygen atoms in total. The van der Waals surface area contributed by atoms with E-state index in [9.17, 15) is 5.11 Å². The van der Waals surface area contributed by atoms with Gasteiger partial charge < -0.3 is 10.1 Å². The zero-order chi connectivity index (χ0) is 14.2. The van der Waals surface area contributed by atoms with Crippen LogP contribution in [0.5, 0.6) is 0 Å². The number of hydrogen-bond acceptors (Lipinski definition) is 4. The quantitative estimate of drug-likeness (QED) is 0.772. The van der Waals surface area contributed by atoms with Crippen LogP contribution in [0.3, 0.4) is 0 Å². The van der Waals surface area contributed by atoms with E-state index in [1.807, 2.05) is 23.1 Å². The summed E-state index contributed by atoms with van der Waals surface area (Å²) in [6, 6.07) is 2.31. The molecule has 0 amide bonds. The molecule has 3 aromatic heterocycles. The highest BCUT2D eigenvalue weighted by molar-refractivity contribution is 5.91. The van der Waals surface area contributed by atoms with E-state index in [0.29, 0.717) is 12.0 Å². The molecule has 0 saturated heterocycles. The fourth-order valence-electron chi connectivity index (χ4n) is 3.34. The third kappa shape index (κ3) is 2.03. The van der Waals surface area contributed by atoms with Crippen molar-refractivity contribution in [3.63, 3.8) is 0 Å². The molecule has 108 valence electrons. The minimum absolute atomic E-state index is 0.235. The number of nitrogens with one attached hydrogen (secondary N) is 1. The lowest BCUT2D eigenvalue weighted by atomic mass is 10.1. The summed E-state index contributed by atoms with van der Waals surface area (Å²) in [7, 11) is 0. The lowest BCUT2D eigenvalue weighted by Gasteiger charge is -2.17. The molecular formula is C15H17N5O. The lowest BCUT2D eigenvalue weighted by Crippen LogP contribution is -2.17. The van der Waals surface area contributed by atoms with Crippen LogP contribution in [0.2, 0.25) is 0 Å². The number of rotatable bonds is 3. The molecule has 0 spiro atoms. The molecule has 1 fully saturated rings. The van der Waals surface area contributed by atoms with Gasteiger partial charge in [-0.3, -0.25) is 4.68 Å². The van der Waals surface area contributed by atoms with Crippen molar-refractivity contribution < 1.29 is 5.11 Å². The van der Waals surface area contributed by atoms with Crippen molar-refractivity contribution in [3.05, 3.63) is 30.9 Å². The Balaban J connectivity index is 1.73. The van der Waals surface area contributed by atoms with Crippen LogP contribution in [0.25, 0.3) is 22.2 Å². The van der Waals surface area contributed by atoms with Crippen LogP contribution < -0.4 is 0 Å². The number of hydrogen-bond donors (Lipinski definition) is 2. The van der Waals surface area contributed by atoms with Crippen LogP contribution in [-0.4, -0.2) is 36.7 Å². The van der Waals surface area contributed by atoms with Gasteiger partial charge in [0.25, 0.3) is 0 Å². The SMILES string of the molecule is OC[C@@H]1CCC[C@@H]1n1cc(-c2cnnc3[nH]ccc23)cn1. The smallest absolute Gasteiger partial charge is 0.160 e. The first kappa shape index (κ1) is 12.5. The van der Waals surface area contributed by atoms with Crippen molar-refractivity contribution in [2.45, 2.75) is 25.3 Å². The zero-order valence-electron chi connectivity index (χ0n) is 11.6. The molecule has 0 aromatic carbocycles. The molecule has 1 aliphatic carbocycles. The number of aliphatic hydroxyl groups excluding tert-OH is 1. The average molecular weight is 283 g/mol. The Labute approximate surface area is 121 Å². The predicted octanol–water partition coefficient (Wildman–Crippen LogP) is 2.15. The van der Waals surface area contributed by atoms with E-state index in [-0.39, 0.29) is 6.61 Å². The number of aromatic amines is 1. The van der Waals surface area contributed by atoms with E-state index < -0.39 is 0 Å². The normalized spacial score (nSPS) is 22.1. The minimum atomic E-state index is 0.235. The second-order valence-electron chi connectivity index (χ2n) is 5.65. The summed E-state index contributed by atoms with van der Waals surface area (Å²) in [5, 5.41) is 23.1. The Hall–Kier alpha value is -2.21. The third-order valence-corrected chi connectivity index (χ3v) is 4.47. The molecule has 3 aromatic rings. The molecule has 0 bridgehead atoms. The zero-order valence-corrected chi connectivity index (χ0v) is 11.6. The highest BCUT2D eigenvalue weighted by Gasteiger charge is 2.28. The Kier molecular flexibility index (Phi) is 2.96. The molecule has 1 aliphatic rings. The number of fused-ring (bicyclic) bond motifs is 1. The summed E-state index contributed by atoms with van der Waals surface area (Å²) >= 11 is 0. The van der Waals surface area contributed by atoms with Crippen molar-refractivity contribution in [2.24, 2.45) is 5.92 Å². The van der Waals surface area contributed by atoms with Gasteiger partial charge >= 0.3 is 0 Å². The van der Waals surface area contributed by atoms with Gasteiger partial charge in [0.15, 0.2) is 5.65 Å². The van der Waals surface area contributed by atoms with Gasteiger partial charge in [0.05, 0.1) is 18.4 Å². The Morgan fingerprint density at radius 2 is 2.29 bits per heavy atom. The predicted molar refractivity (Wildman–Crippen MR) is 78.6 cm³/mol. The highest BCUT2D eigenvalue weighted by atomic mass is 16.3. The van der Waals surface area contributed by atoms with E-state index in [2.05, 4.69) is 26.5 Å². The molecule has 0 radical (unpaired) electrons. The van der Waals surface area contributed by atoms with E-state index in [1.54, 1.807) is 6.20 Å². The van der Waals surface area contributed by atoms with E-state index in [4.69, 9.17) is 0 Å². The fourth-order valence-corrected chi connectivity index (χ4v) is 3.34. The van der Waals surface area contributed by atoms with E-state index in [0.717, 1.165) is 41.4 Å². The maximum Gasteiger partial charge on any atom is 0.160 e. The third-order valence-electron chi connectivity index (χ3n) is 4.47. The highest BCUT2D eigenvalue weighted by Crippen LogP contribution is 2.36. The molecule has 0 unspecified atom stereocenters. The molecular weight excluding hydrogens is 266 g/mol. The first-order chi connectivity index (χ1) is 10.4. The van der Waals surface area contributed by atoms with Gasteiger partial charge in [-0.05, 0) is 18.9 Å². The maximum atomic E-state index is 9.47. The molecule has 0 aliphatic heterocycles. The molecule has 6 heteroatoms. The van der Waals surface area contributed by atoms with Gasteiger partial charge in [0.1, 0.15) is 0 Å². The minimum Gasteiger partial charge on any atom is -0.396 e. The van der Waals surface area contributed by atoms with Crippen LogP contribution in [0, 0.1) is 5.92 Å². The van der Waals surface area contributed by atoms with E-state index >= 15 is 0 Å². The van der Waals surface area contributed by atoms with Crippen LogP contribution in [-0.2, 0) is 0 Å². The van der Waals surface area contributed by atoms with Crippen molar-refractivity contribution in [1.82, 2.24) is 25.0 Å². The largest absolute Gasteiger partial charge is 0.396 e. The van der Waals surface area contributed by atoms with Gasteiger partial charge in [0.2, 0.25) is 0 Å². The summed E-state index contributed by atoms with van der Waals surface area (Å²) in [5.74, 6) is 0.320. The Bertz CT molecular complexity index is 762. The molecule has 4 rings (SSSR count). The first-order valence-electron chi connectivity index (χ1n) is 7.31. The molecule has 2 atom stereocenters. The van der Waals surface area contributed by atoms with Crippen molar-refractivity contribution in [2.75, 3.05) is 6.61 Å². The average Bonchev–Trinajstić information content (AvgIpc) is 3.24. The second kappa shape index (κ2) is 4.96. The van der Waals surface area contributed by atoms with E-state index in [1.165, 1.54) is 0 Å².